The van der Waals surface area contributed by atoms with Gasteiger partial charge in [-0.2, -0.15) is 18.3 Å². The van der Waals surface area contributed by atoms with Gasteiger partial charge >= 0.3 is 12.1 Å². The number of carbonyl (C=O) groups is 1. The molecule has 4 rings (SSSR count). The number of thiazole rings is 1. The molecule has 1 aliphatic heterocycles. The summed E-state index contributed by atoms with van der Waals surface area (Å²) in [5.74, 6) is -2.76. The average Bonchev–Trinajstić information content (AvgIpc) is 3.25. The van der Waals surface area contributed by atoms with Crippen LogP contribution in [0.15, 0.2) is 17.6 Å². The minimum absolute atomic E-state index is 0.437. The zero-order chi connectivity index (χ0) is 21.7. The molecule has 1 atom stereocenters. The van der Waals surface area contributed by atoms with E-state index < -0.39 is 12.1 Å². The lowest BCUT2D eigenvalue weighted by Crippen LogP contribution is -2.46. The molecule has 2 aromatic rings. The number of carboxylic acids is 1. The van der Waals surface area contributed by atoms with Crippen LogP contribution in [-0.2, 0) is 22.7 Å². The maximum absolute atomic E-state index is 10.6. The first kappa shape index (κ1) is 22.7. The average molecular weight is 446 g/mol. The van der Waals surface area contributed by atoms with Gasteiger partial charge in [-0.05, 0) is 32.3 Å². The van der Waals surface area contributed by atoms with Crippen LogP contribution in [0, 0.1) is 6.92 Å². The van der Waals surface area contributed by atoms with E-state index in [9.17, 15) is 13.2 Å². The maximum Gasteiger partial charge on any atom is 0.490 e. The zero-order valence-electron chi connectivity index (χ0n) is 16.6. The monoisotopic (exact) mass is 446 g/mol. The summed E-state index contributed by atoms with van der Waals surface area (Å²) in [6.45, 7) is 5.58. The first-order valence-corrected chi connectivity index (χ1v) is 10.7. The number of aryl methyl sites for hydroxylation is 1. The van der Waals surface area contributed by atoms with Gasteiger partial charge in [-0.25, -0.2) is 9.78 Å². The van der Waals surface area contributed by atoms with Crippen molar-refractivity contribution in [1.82, 2.24) is 19.7 Å². The largest absolute Gasteiger partial charge is 0.490 e. The quantitative estimate of drug-likeness (QED) is 0.680. The number of hydrogen-bond donors (Lipinski definition) is 1. The fourth-order valence-electron chi connectivity index (χ4n) is 3.53. The summed E-state index contributed by atoms with van der Waals surface area (Å²) in [4.78, 5) is 16.0. The molecule has 3 heterocycles. The van der Waals surface area contributed by atoms with Crippen molar-refractivity contribution in [1.29, 1.82) is 0 Å². The first-order chi connectivity index (χ1) is 14.2. The molecule has 0 bridgehead atoms. The van der Waals surface area contributed by atoms with E-state index in [1.54, 1.807) is 11.3 Å². The number of rotatable bonds is 6. The van der Waals surface area contributed by atoms with Gasteiger partial charge in [-0.15, -0.1) is 11.3 Å². The zero-order valence-corrected chi connectivity index (χ0v) is 17.5. The second-order valence-corrected chi connectivity index (χ2v) is 8.50. The van der Waals surface area contributed by atoms with Gasteiger partial charge in [-0.3, -0.25) is 9.58 Å². The molecule has 166 valence electrons. The predicted octanol–water partition coefficient (Wildman–Crippen LogP) is 3.80. The number of nitrogens with zero attached hydrogens (tertiary/aromatic N) is 4. The van der Waals surface area contributed by atoms with Crippen molar-refractivity contribution in [2.75, 3.05) is 13.2 Å². The number of halogens is 3. The topological polar surface area (TPSA) is 80.5 Å². The summed E-state index contributed by atoms with van der Waals surface area (Å²) in [5, 5.41) is 14.9. The molecule has 0 amide bonds. The van der Waals surface area contributed by atoms with Crippen molar-refractivity contribution in [3.63, 3.8) is 0 Å². The third-order valence-electron chi connectivity index (χ3n) is 5.25. The molecule has 0 aromatic carbocycles. The molecule has 30 heavy (non-hydrogen) atoms. The van der Waals surface area contributed by atoms with Gasteiger partial charge in [0.25, 0.3) is 0 Å². The maximum atomic E-state index is 10.6. The SMILES string of the molecule is Cc1nc(COCCC2CN(C3CCC3)Cc3ccnn32)cs1.O=C(O)C(F)(F)F. The molecule has 1 unspecified atom stereocenters. The number of ether oxygens (including phenoxy) is 1. The lowest BCUT2D eigenvalue weighted by Gasteiger charge is -2.42. The summed E-state index contributed by atoms with van der Waals surface area (Å²) in [5.41, 5.74) is 2.40. The minimum Gasteiger partial charge on any atom is -0.475 e. The number of carboxylic acid groups (broad SMARTS) is 1. The molecule has 2 aliphatic rings. The Bertz CT molecular complexity index is 835. The summed E-state index contributed by atoms with van der Waals surface area (Å²) in [6.07, 6.45) is 1.98. The van der Waals surface area contributed by atoms with E-state index in [4.69, 9.17) is 14.6 Å². The fourth-order valence-corrected chi connectivity index (χ4v) is 4.13. The fraction of sp³-hybridized carbons (Fsp3) is 0.632. The number of aliphatic carboxylic acids is 1. The number of hydrogen-bond acceptors (Lipinski definition) is 6. The lowest BCUT2D eigenvalue weighted by atomic mass is 9.90. The summed E-state index contributed by atoms with van der Waals surface area (Å²) in [6, 6.07) is 3.39. The molecular formula is C19H25F3N4O3S. The molecule has 0 saturated heterocycles. The highest BCUT2D eigenvalue weighted by atomic mass is 32.1. The Morgan fingerprint density at radius 3 is 2.70 bits per heavy atom. The summed E-state index contributed by atoms with van der Waals surface area (Å²) >= 11 is 1.68. The van der Waals surface area contributed by atoms with Gasteiger partial charge in [0.1, 0.15) is 0 Å². The third-order valence-corrected chi connectivity index (χ3v) is 6.08. The van der Waals surface area contributed by atoms with E-state index in [0.29, 0.717) is 12.6 Å². The van der Waals surface area contributed by atoms with Crippen LogP contribution in [0.1, 0.15) is 48.1 Å². The van der Waals surface area contributed by atoms with Gasteiger partial charge in [-0.1, -0.05) is 6.42 Å². The van der Waals surface area contributed by atoms with E-state index in [1.807, 2.05) is 13.1 Å². The Hall–Kier alpha value is -1.98. The van der Waals surface area contributed by atoms with Gasteiger partial charge in [0.05, 0.1) is 29.0 Å². The third kappa shape index (κ3) is 6.02. The molecule has 1 saturated carbocycles. The first-order valence-electron chi connectivity index (χ1n) is 9.79. The van der Waals surface area contributed by atoms with Crippen LogP contribution in [-0.4, -0.2) is 56.1 Å². The smallest absolute Gasteiger partial charge is 0.475 e. The van der Waals surface area contributed by atoms with Crippen LogP contribution < -0.4 is 0 Å². The van der Waals surface area contributed by atoms with Crippen molar-refractivity contribution < 1.29 is 27.8 Å². The Morgan fingerprint density at radius 1 is 1.40 bits per heavy atom. The van der Waals surface area contributed by atoms with Crippen LogP contribution in [0.25, 0.3) is 0 Å². The van der Waals surface area contributed by atoms with Crippen molar-refractivity contribution in [3.8, 4) is 0 Å². The molecule has 0 spiro atoms. The van der Waals surface area contributed by atoms with Crippen LogP contribution in [0.4, 0.5) is 13.2 Å². The summed E-state index contributed by atoms with van der Waals surface area (Å²) in [7, 11) is 0. The minimum atomic E-state index is -5.08. The molecule has 0 radical (unpaired) electrons. The Morgan fingerprint density at radius 2 is 2.13 bits per heavy atom. The van der Waals surface area contributed by atoms with Gasteiger partial charge in [0.2, 0.25) is 0 Å². The molecule has 1 aliphatic carbocycles. The van der Waals surface area contributed by atoms with Crippen molar-refractivity contribution in [2.45, 2.75) is 64.0 Å². The van der Waals surface area contributed by atoms with Crippen LogP contribution in [0.2, 0.25) is 0 Å². The Kier molecular flexibility index (Phi) is 7.48. The molecule has 11 heteroatoms. The Labute approximate surface area is 176 Å². The van der Waals surface area contributed by atoms with E-state index in [2.05, 4.69) is 31.1 Å². The molecule has 1 N–H and O–H groups in total. The van der Waals surface area contributed by atoms with E-state index in [1.165, 1.54) is 25.0 Å². The second kappa shape index (κ2) is 9.88. The normalized spacial score (nSPS) is 19.5. The molecule has 1 fully saturated rings. The number of aromatic nitrogens is 3. The second-order valence-electron chi connectivity index (χ2n) is 7.44. The standard InChI is InChI=1S/C17H24N4OS.C2HF3O2/c1-13-19-14(12-23-13)11-22-8-6-17-10-20(15-3-2-4-15)9-16-5-7-18-21(16)17;3-2(4,5)1(6)7/h5,7,12,15,17H,2-4,6,8-11H2,1H3;(H,6,7). The molecular weight excluding hydrogens is 421 g/mol. The van der Waals surface area contributed by atoms with Crippen LogP contribution in [0.3, 0.4) is 0 Å². The molecule has 7 nitrogen and oxygen atoms in total. The van der Waals surface area contributed by atoms with Gasteiger partial charge in [0, 0.05) is 37.3 Å². The Balaban J connectivity index is 0.000000318. The van der Waals surface area contributed by atoms with Crippen LogP contribution >= 0.6 is 11.3 Å². The van der Waals surface area contributed by atoms with E-state index in [-0.39, 0.29) is 0 Å². The van der Waals surface area contributed by atoms with Crippen molar-refractivity contribution >= 4 is 17.3 Å². The van der Waals surface area contributed by atoms with Crippen molar-refractivity contribution in [2.24, 2.45) is 0 Å². The number of alkyl halides is 3. The van der Waals surface area contributed by atoms with E-state index >= 15 is 0 Å². The highest BCUT2D eigenvalue weighted by molar-refractivity contribution is 7.09. The number of fused-ring (bicyclic) bond motifs is 1. The highest BCUT2D eigenvalue weighted by Gasteiger charge is 2.38. The van der Waals surface area contributed by atoms with Gasteiger partial charge in [0.15, 0.2) is 0 Å². The highest BCUT2D eigenvalue weighted by Crippen LogP contribution is 2.31. The van der Waals surface area contributed by atoms with Crippen molar-refractivity contribution in [3.05, 3.63) is 34.0 Å². The lowest BCUT2D eigenvalue weighted by molar-refractivity contribution is -0.192. The van der Waals surface area contributed by atoms with Crippen LogP contribution in [0.5, 0.6) is 0 Å². The predicted molar refractivity (Wildman–Crippen MR) is 104 cm³/mol. The molecule has 2 aromatic heterocycles. The summed E-state index contributed by atoms with van der Waals surface area (Å²) < 4.78 is 39.8. The van der Waals surface area contributed by atoms with E-state index in [0.717, 1.165) is 42.9 Å². The van der Waals surface area contributed by atoms with Gasteiger partial charge < -0.3 is 9.84 Å².